The number of phenolic OH excluding ortho intramolecular Hbond substituents is 1. The smallest absolute Gasteiger partial charge is 0.243 e. The number of ether oxygens (including phenoxy) is 1. The van der Waals surface area contributed by atoms with Gasteiger partial charge in [-0.05, 0) is 42.9 Å². The minimum atomic E-state index is -0.0602. The van der Waals surface area contributed by atoms with E-state index < -0.39 is 0 Å². The molecule has 0 aliphatic heterocycles. The number of hydrogen-bond acceptors (Lipinski definition) is 4. The molecule has 2 atom stereocenters. The Balaban J connectivity index is 1.56. The summed E-state index contributed by atoms with van der Waals surface area (Å²) in [4.78, 5) is 12.6. The molecule has 1 saturated carbocycles. The van der Waals surface area contributed by atoms with Gasteiger partial charge >= 0.3 is 0 Å². The van der Waals surface area contributed by atoms with Crippen LogP contribution in [0.25, 0.3) is 0 Å². The minimum Gasteiger partial charge on any atom is -0.507 e. The Morgan fingerprint density at radius 3 is 2.56 bits per heavy atom. The van der Waals surface area contributed by atoms with E-state index in [4.69, 9.17) is 4.74 Å². The number of carbonyl (C=O) groups excluding carboxylic acids is 1. The number of benzene rings is 2. The fraction of sp³-hybridized carbons (Fsp3) is 0.481. The molecule has 5 heteroatoms. The van der Waals surface area contributed by atoms with Gasteiger partial charge in [-0.15, -0.1) is 0 Å². The minimum absolute atomic E-state index is 0.0364. The third kappa shape index (κ3) is 6.84. The van der Waals surface area contributed by atoms with Crippen LogP contribution < -0.4 is 10.2 Å². The molecular weight excluding hydrogens is 400 g/mol. The molecule has 2 aromatic carbocycles. The summed E-state index contributed by atoms with van der Waals surface area (Å²) in [5.74, 6) is 0.961. The molecule has 0 radical (unpaired) electrons. The monoisotopic (exact) mass is 436 g/mol. The Kier molecular flexibility index (Phi) is 9.14. The fourth-order valence-corrected chi connectivity index (χ4v) is 3.99. The lowest BCUT2D eigenvalue weighted by molar-refractivity contribution is -0.122. The maximum absolute atomic E-state index is 12.6. The summed E-state index contributed by atoms with van der Waals surface area (Å²) in [6.07, 6.45) is 8.29. The zero-order valence-electron chi connectivity index (χ0n) is 19.3. The zero-order chi connectivity index (χ0) is 22.8. The molecule has 1 fully saturated rings. The molecule has 0 bridgehead atoms. The Morgan fingerprint density at radius 1 is 1.06 bits per heavy atom. The van der Waals surface area contributed by atoms with Crippen molar-refractivity contribution in [3.05, 3.63) is 59.7 Å². The van der Waals surface area contributed by atoms with Gasteiger partial charge in [0.1, 0.15) is 11.5 Å². The van der Waals surface area contributed by atoms with Crippen LogP contribution in [0.3, 0.4) is 0 Å². The highest BCUT2D eigenvalue weighted by atomic mass is 16.5. The second-order valence-electron chi connectivity index (χ2n) is 8.59. The number of phenols is 1. The summed E-state index contributed by atoms with van der Waals surface area (Å²) in [6.45, 7) is 4.91. The Bertz CT molecular complexity index is 895. The second kappa shape index (κ2) is 12.3. The molecular formula is C27H36N2O3. The SMILES string of the molecule is CCCCCCCOc1ccc(/C(CCC)=N\NC(=O)[C@@H]2C[C@H]2c2ccccc2)c(O)c1. The molecule has 2 aromatic rings. The van der Waals surface area contributed by atoms with Crippen LogP contribution >= 0.6 is 0 Å². The largest absolute Gasteiger partial charge is 0.507 e. The first-order valence-corrected chi connectivity index (χ1v) is 12.0. The molecule has 3 rings (SSSR count). The third-order valence-electron chi connectivity index (χ3n) is 5.94. The summed E-state index contributed by atoms with van der Waals surface area (Å²) in [5.41, 5.74) is 5.25. The van der Waals surface area contributed by atoms with Gasteiger partial charge in [-0.25, -0.2) is 5.43 Å². The fourth-order valence-electron chi connectivity index (χ4n) is 3.99. The maximum atomic E-state index is 12.6. The lowest BCUT2D eigenvalue weighted by Gasteiger charge is -2.11. The molecule has 0 unspecified atom stereocenters. The van der Waals surface area contributed by atoms with Gasteiger partial charge in [0.15, 0.2) is 0 Å². The normalized spacial score (nSPS) is 17.8. The van der Waals surface area contributed by atoms with Gasteiger partial charge in [0.05, 0.1) is 12.3 Å². The number of rotatable bonds is 13. The van der Waals surface area contributed by atoms with Crippen LogP contribution in [0.2, 0.25) is 0 Å². The zero-order valence-corrected chi connectivity index (χ0v) is 19.3. The van der Waals surface area contributed by atoms with Crippen LogP contribution in [-0.4, -0.2) is 23.3 Å². The van der Waals surface area contributed by atoms with Crippen molar-refractivity contribution in [2.75, 3.05) is 6.61 Å². The predicted molar refractivity (Wildman–Crippen MR) is 129 cm³/mol. The molecule has 0 spiro atoms. The third-order valence-corrected chi connectivity index (χ3v) is 5.94. The summed E-state index contributed by atoms with van der Waals surface area (Å²) in [6, 6.07) is 15.4. The molecule has 1 aliphatic rings. The Morgan fingerprint density at radius 2 is 1.84 bits per heavy atom. The topological polar surface area (TPSA) is 70.9 Å². The summed E-state index contributed by atoms with van der Waals surface area (Å²) in [5, 5.41) is 14.9. The molecule has 0 aromatic heterocycles. The first-order valence-electron chi connectivity index (χ1n) is 12.0. The van der Waals surface area contributed by atoms with Crippen molar-refractivity contribution in [1.82, 2.24) is 5.43 Å². The van der Waals surface area contributed by atoms with Gasteiger partial charge in [0.2, 0.25) is 5.91 Å². The average Bonchev–Trinajstić information content (AvgIpc) is 3.61. The Hall–Kier alpha value is -2.82. The molecule has 2 N–H and O–H groups in total. The first kappa shape index (κ1) is 23.8. The molecule has 5 nitrogen and oxygen atoms in total. The summed E-state index contributed by atoms with van der Waals surface area (Å²) in [7, 11) is 0. The highest BCUT2D eigenvalue weighted by molar-refractivity contribution is 6.03. The van der Waals surface area contributed by atoms with E-state index in [0.29, 0.717) is 30.1 Å². The van der Waals surface area contributed by atoms with Crippen LogP contribution in [0.5, 0.6) is 11.5 Å². The molecule has 172 valence electrons. The number of amides is 1. The number of aromatic hydroxyl groups is 1. The quantitative estimate of drug-likeness (QED) is 0.224. The van der Waals surface area contributed by atoms with Gasteiger partial charge in [-0.2, -0.15) is 5.10 Å². The van der Waals surface area contributed by atoms with Crippen LogP contribution in [0.4, 0.5) is 0 Å². The van der Waals surface area contributed by atoms with Gasteiger partial charge in [-0.3, -0.25) is 4.79 Å². The van der Waals surface area contributed by atoms with E-state index in [9.17, 15) is 9.90 Å². The standard InChI is InChI=1S/C27H36N2O3/c1-3-5-6-7-11-17-32-21-15-16-22(26(30)18-21)25(12-4-2)28-29-27(31)24-19-23(24)20-13-9-8-10-14-20/h8-10,13-16,18,23-24,30H,3-7,11-12,17,19H2,1-2H3,(H,29,31)/b28-25-/t23-,24+/m0/s1. The van der Waals surface area contributed by atoms with Crippen LogP contribution in [-0.2, 0) is 4.79 Å². The molecule has 32 heavy (non-hydrogen) atoms. The van der Waals surface area contributed by atoms with Crippen molar-refractivity contribution in [1.29, 1.82) is 0 Å². The summed E-state index contributed by atoms with van der Waals surface area (Å²) >= 11 is 0. The predicted octanol–water partition coefficient (Wildman–Crippen LogP) is 6.17. The van der Waals surface area contributed by atoms with Crippen LogP contribution in [0.15, 0.2) is 53.6 Å². The Labute approximate surface area is 191 Å². The molecule has 1 amide bonds. The first-order chi connectivity index (χ1) is 15.6. The number of hydrazone groups is 1. The molecule has 0 saturated heterocycles. The number of unbranched alkanes of at least 4 members (excludes halogenated alkanes) is 4. The number of carbonyl (C=O) groups is 1. The van der Waals surface area contributed by atoms with E-state index in [0.717, 1.165) is 25.7 Å². The van der Waals surface area contributed by atoms with Gasteiger partial charge < -0.3 is 9.84 Å². The lowest BCUT2D eigenvalue weighted by atomic mass is 10.0. The van der Waals surface area contributed by atoms with Crippen LogP contribution in [0, 0.1) is 5.92 Å². The van der Waals surface area contributed by atoms with E-state index in [1.54, 1.807) is 6.07 Å². The summed E-state index contributed by atoms with van der Waals surface area (Å²) < 4.78 is 5.78. The van der Waals surface area contributed by atoms with Crippen molar-refractivity contribution < 1.29 is 14.6 Å². The van der Waals surface area contributed by atoms with E-state index >= 15 is 0 Å². The van der Waals surface area contributed by atoms with Crippen molar-refractivity contribution in [2.24, 2.45) is 11.0 Å². The van der Waals surface area contributed by atoms with Gasteiger partial charge in [0.25, 0.3) is 0 Å². The van der Waals surface area contributed by atoms with Gasteiger partial charge in [-0.1, -0.05) is 76.3 Å². The van der Waals surface area contributed by atoms with E-state index in [2.05, 4.69) is 36.5 Å². The van der Waals surface area contributed by atoms with Crippen molar-refractivity contribution >= 4 is 11.6 Å². The number of hydrogen-bond donors (Lipinski definition) is 2. The molecule has 0 heterocycles. The van der Waals surface area contributed by atoms with E-state index in [1.165, 1.54) is 24.8 Å². The van der Waals surface area contributed by atoms with Crippen molar-refractivity contribution in [3.63, 3.8) is 0 Å². The highest BCUT2D eigenvalue weighted by Crippen LogP contribution is 2.47. The van der Waals surface area contributed by atoms with Gasteiger partial charge in [0, 0.05) is 17.5 Å². The maximum Gasteiger partial charge on any atom is 0.243 e. The van der Waals surface area contributed by atoms with Crippen LogP contribution in [0.1, 0.15) is 82.3 Å². The molecule has 1 aliphatic carbocycles. The second-order valence-corrected chi connectivity index (χ2v) is 8.59. The van der Waals surface area contributed by atoms with E-state index in [-0.39, 0.29) is 23.5 Å². The van der Waals surface area contributed by atoms with Crippen molar-refractivity contribution in [3.8, 4) is 11.5 Å². The average molecular weight is 437 g/mol. The number of nitrogens with zero attached hydrogens (tertiary/aromatic N) is 1. The van der Waals surface area contributed by atoms with Crippen molar-refractivity contribution in [2.45, 2.75) is 71.1 Å². The van der Waals surface area contributed by atoms with E-state index in [1.807, 2.05) is 30.3 Å². The highest BCUT2D eigenvalue weighted by Gasteiger charge is 2.43. The number of nitrogens with one attached hydrogen (secondary N) is 1. The lowest BCUT2D eigenvalue weighted by Crippen LogP contribution is -2.22.